The number of halogens is 1. The second-order valence-electron chi connectivity index (χ2n) is 5.85. The third-order valence-electron chi connectivity index (χ3n) is 4.11. The SMILES string of the molecule is CCC1(C)NC(=O)CC(C)N(Cc2cccc(Br)c2)C1=O. The average molecular weight is 353 g/mol. The summed E-state index contributed by atoms with van der Waals surface area (Å²) in [5, 5.41) is 2.87. The van der Waals surface area contributed by atoms with Crippen molar-refractivity contribution in [3.05, 3.63) is 34.3 Å². The molecule has 0 radical (unpaired) electrons. The fourth-order valence-corrected chi connectivity index (χ4v) is 3.05. The quantitative estimate of drug-likeness (QED) is 0.909. The monoisotopic (exact) mass is 352 g/mol. The molecule has 1 aliphatic rings. The molecule has 1 heterocycles. The van der Waals surface area contributed by atoms with Crippen LogP contribution in [0.4, 0.5) is 0 Å². The molecule has 2 atom stereocenters. The molecule has 0 saturated carbocycles. The number of carbonyl (C=O) groups is 2. The third kappa shape index (κ3) is 3.46. The molecule has 0 aromatic heterocycles. The largest absolute Gasteiger partial charge is 0.342 e. The highest BCUT2D eigenvalue weighted by Crippen LogP contribution is 2.24. The Balaban J connectivity index is 2.30. The van der Waals surface area contributed by atoms with Gasteiger partial charge in [-0.25, -0.2) is 0 Å². The van der Waals surface area contributed by atoms with Gasteiger partial charge in [-0.1, -0.05) is 35.0 Å². The van der Waals surface area contributed by atoms with Crippen LogP contribution in [0.15, 0.2) is 28.7 Å². The van der Waals surface area contributed by atoms with Gasteiger partial charge in [0.15, 0.2) is 0 Å². The summed E-state index contributed by atoms with van der Waals surface area (Å²) in [6, 6.07) is 7.80. The van der Waals surface area contributed by atoms with Gasteiger partial charge >= 0.3 is 0 Å². The number of amides is 2. The smallest absolute Gasteiger partial charge is 0.248 e. The van der Waals surface area contributed by atoms with E-state index < -0.39 is 5.54 Å². The van der Waals surface area contributed by atoms with Crippen LogP contribution in [0.3, 0.4) is 0 Å². The van der Waals surface area contributed by atoms with Crippen LogP contribution in [0.25, 0.3) is 0 Å². The van der Waals surface area contributed by atoms with E-state index in [0.717, 1.165) is 10.0 Å². The van der Waals surface area contributed by atoms with Crippen LogP contribution in [0.1, 0.15) is 39.2 Å². The predicted molar refractivity (Wildman–Crippen MR) is 85.6 cm³/mol. The summed E-state index contributed by atoms with van der Waals surface area (Å²) in [5.74, 6) is -0.0692. The lowest BCUT2D eigenvalue weighted by atomic mass is 9.96. The van der Waals surface area contributed by atoms with Crippen molar-refractivity contribution in [1.82, 2.24) is 10.2 Å². The normalized spacial score (nSPS) is 26.5. The van der Waals surface area contributed by atoms with E-state index in [9.17, 15) is 9.59 Å². The van der Waals surface area contributed by atoms with Crippen LogP contribution < -0.4 is 5.32 Å². The number of carbonyl (C=O) groups excluding carboxylic acids is 2. The molecule has 5 heteroatoms. The zero-order valence-electron chi connectivity index (χ0n) is 12.6. The second-order valence-corrected chi connectivity index (χ2v) is 6.77. The molecule has 0 spiro atoms. The molecule has 1 aromatic carbocycles. The summed E-state index contributed by atoms with van der Waals surface area (Å²) in [5.41, 5.74) is 0.241. The number of nitrogens with zero attached hydrogens (tertiary/aromatic N) is 1. The van der Waals surface area contributed by atoms with E-state index in [4.69, 9.17) is 0 Å². The minimum atomic E-state index is -0.812. The first-order valence-corrected chi connectivity index (χ1v) is 8.01. The Morgan fingerprint density at radius 1 is 1.43 bits per heavy atom. The lowest BCUT2D eigenvalue weighted by Gasteiger charge is -2.33. The Morgan fingerprint density at radius 2 is 2.14 bits per heavy atom. The Labute approximate surface area is 134 Å². The minimum Gasteiger partial charge on any atom is -0.342 e. The Morgan fingerprint density at radius 3 is 2.76 bits per heavy atom. The van der Waals surface area contributed by atoms with E-state index in [1.165, 1.54) is 0 Å². The highest BCUT2D eigenvalue weighted by molar-refractivity contribution is 9.10. The van der Waals surface area contributed by atoms with E-state index in [0.29, 0.717) is 19.4 Å². The molecule has 0 bridgehead atoms. The summed E-state index contributed by atoms with van der Waals surface area (Å²) >= 11 is 3.45. The molecule has 1 N–H and O–H groups in total. The van der Waals surface area contributed by atoms with Crippen molar-refractivity contribution in [2.75, 3.05) is 0 Å². The molecular formula is C16H21BrN2O2. The highest BCUT2D eigenvalue weighted by Gasteiger charge is 2.41. The summed E-state index contributed by atoms with van der Waals surface area (Å²) in [6.45, 7) is 6.17. The number of rotatable bonds is 3. The molecule has 1 aromatic rings. The predicted octanol–water partition coefficient (Wildman–Crippen LogP) is 2.85. The van der Waals surface area contributed by atoms with E-state index in [2.05, 4.69) is 21.2 Å². The molecule has 1 fully saturated rings. The van der Waals surface area contributed by atoms with E-state index in [-0.39, 0.29) is 17.9 Å². The van der Waals surface area contributed by atoms with E-state index >= 15 is 0 Å². The Bertz CT molecular complexity index is 561. The lowest BCUT2D eigenvalue weighted by Crippen LogP contribution is -2.55. The highest BCUT2D eigenvalue weighted by atomic mass is 79.9. The zero-order chi connectivity index (χ0) is 15.6. The molecule has 1 saturated heterocycles. The first-order valence-electron chi connectivity index (χ1n) is 7.22. The fourth-order valence-electron chi connectivity index (χ4n) is 2.61. The van der Waals surface area contributed by atoms with Crippen LogP contribution in [0, 0.1) is 0 Å². The molecule has 2 rings (SSSR count). The Hall–Kier alpha value is -1.36. The van der Waals surface area contributed by atoms with Gasteiger partial charge in [-0.15, -0.1) is 0 Å². The van der Waals surface area contributed by atoms with Gasteiger partial charge in [0.25, 0.3) is 0 Å². The summed E-state index contributed by atoms with van der Waals surface area (Å²) < 4.78 is 0.988. The van der Waals surface area contributed by atoms with Crippen molar-refractivity contribution in [3.63, 3.8) is 0 Å². The summed E-state index contributed by atoms with van der Waals surface area (Å²) in [6.07, 6.45) is 0.925. The molecule has 4 nitrogen and oxygen atoms in total. The maximum Gasteiger partial charge on any atom is 0.248 e. The third-order valence-corrected chi connectivity index (χ3v) is 4.60. The van der Waals surface area contributed by atoms with Crippen molar-refractivity contribution in [2.24, 2.45) is 0 Å². The Kier molecular flexibility index (Phi) is 4.71. The summed E-state index contributed by atoms with van der Waals surface area (Å²) in [4.78, 5) is 26.6. The molecule has 21 heavy (non-hydrogen) atoms. The van der Waals surface area contributed by atoms with Crippen molar-refractivity contribution in [1.29, 1.82) is 0 Å². The zero-order valence-corrected chi connectivity index (χ0v) is 14.2. The van der Waals surface area contributed by atoms with Gasteiger partial charge in [0.2, 0.25) is 11.8 Å². The number of hydrogen-bond donors (Lipinski definition) is 1. The van der Waals surface area contributed by atoms with Crippen LogP contribution in [0.2, 0.25) is 0 Å². The first kappa shape index (κ1) is 16.0. The maximum atomic E-state index is 12.8. The molecule has 1 aliphatic heterocycles. The second kappa shape index (κ2) is 6.18. The number of hydrogen-bond acceptors (Lipinski definition) is 2. The van der Waals surface area contributed by atoms with Crippen molar-refractivity contribution < 1.29 is 9.59 Å². The minimum absolute atomic E-state index is 0.0108. The van der Waals surface area contributed by atoms with Crippen LogP contribution in [0.5, 0.6) is 0 Å². The molecule has 114 valence electrons. The van der Waals surface area contributed by atoms with Crippen molar-refractivity contribution in [2.45, 2.75) is 51.7 Å². The topological polar surface area (TPSA) is 49.4 Å². The first-order chi connectivity index (χ1) is 9.85. The van der Waals surface area contributed by atoms with E-state index in [1.807, 2.05) is 43.0 Å². The van der Waals surface area contributed by atoms with Crippen molar-refractivity contribution >= 4 is 27.7 Å². The molecule has 0 aliphatic carbocycles. The average Bonchev–Trinajstić information content (AvgIpc) is 2.50. The van der Waals surface area contributed by atoms with Crippen LogP contribution in [-0.2, 0) is 16.1 Å². The fraction of sp³-hybridized carbons (Fsp3) is 0.500. The number of benzene rings is 1. The maximum absolute atomic E-state index is 12.8. The van der Waals surface area contributed by atoms with Gasteiger partial charge in [0, 0.05) is 23.5 Å². The van der Waals surface area contributed by atoms with Gasteiger partial charge in [-0.2, -0.15) is 0 Å². The van der Waals surface area contributed by atoms with Crippen molar-refractivity contribution in [3.8, 4) is 0 Å². The molecule has 2 unspecified atom stereocenters. The standard InChI is InChI=1S/C16H21BrN2O2/c1-4-16(3)15(21)19(11(2)8-14(20)18-16)10-12-6-5-7-13(17)9-12/h5-7,9,11H,4,8,10H2,1-3H3,(H,18,20). The van der Waals surface area contributed by atoms with Gasteiger partial charge in [0.05, 0.1) is 0 Å². The van der Waals surface area contributed by atoms with Crippen LogP contribution >= 0.6 is 15.9 Å². The number of nitrogens with one attached hydrogen (secondary N) is 1. The van der Waals surface area contributed by atoms with Gasteiger partial charge in [0.1, 0.15) is 5.54 Å². The molecular weight excluding hydrogens is 332 g/mol. The van der Waals surface area contributed by atoms with E-state index in [1.54, 1.807) is 6.92 Å². The summed E-state index contributed by atoms with van der Waals surface area (Å²) in [7, 11) is 0. The molecule has 2 amide bonds. The lowest BCUT2D eigenvalue weighted by molar-refractivity contribution is -0.140. The van der Waals surface area contributed by atoms with Gasteiger partial charge < -0.3 is 10.2 Å². The van der Waals surface area contributed by atoms with Gasteiger partial charge in [-0.3, -0.25) is 9.59 Å². The van der Waals surface area contributed by atoms with Gasteiger partial charge in [-0.05, 0) is 38.0 Å². The van der Waals surface area contributed by atoms with Crippen LogP contribution in [-0.4, -0.2) is 28.3 Å².